The van der Waals surface area contributed by atoms with Crippen molar-refractivity contribution < 1.29 is 33.2 Å². The summed E-state index contributed by atoms with van der Waals surface area (Å²) in [5, 5.41) is 0. The van der Waals surface area contributed by atoms with E-state index in [9.17, 15) is 0 Å². The smallest absolute Gasteiger partial charge is 0.310 e. The molecule has 7 nitrogen and oxygen atoms in total. The highest BCUT2D eigenvalue weighted by atomic mass is 16.9. The fourth-order valence-electron chi connectivity index (χ4n) is 5.58. The molecule has 0 fully saturated rings. The summed E-state index contributed by atoms with van der Waals surface area (Å²) >= 11 is 0. The summed E-state index contributed by atoms with van der Waals surface area (Å²) in [4.78, 5) is 0. The Morgan fingerprint density at radius 3 is 1.47 bits per heavy atom. The number of hydrogen-bond acceptors (Lipinski definition) is 7. The summed E-state index contributed by atoms with van der Waals surface area (Å²) < 4.78 is 40.3. The molecule has 0 saturated heterocycles. The van der Waals surface area contributed by atoms with Gasteiger partial charge in [-0.05, 0) is 66.7 Å². The lowest BCUT2D eigenvalue weighted by molar-refractivity contribution is -0.415. The molecule has 0 saturated carbocycles. The summed E-state index contributed by atoms with van der Waals surface area (Å²) in [7, 11) is 3.50. The summed E-state index contributed by atoms with van der Waals surface area (Å²) in [6.07, 6.45) is 24.4. The normalized spacial score (nSPS) is 13.6. The number of rotatable bonds is 32. The Balaban J connectivity index is 0. The van der Waals surface area contributed by atoms with Crippen molar-refractivity contribution in [3.63, 3.8) is 0 Å². The Morgan fingerprint density at radius 1 is 0.556 bits per heavy atom. The van der Waals surface area contributed by atoms with Crippen LogP contribution in [-0.2, 0) is 33.2 Å². The highest BCUT2D eigenvalue weighted by Crippen LogP contribution is 2.31. The molecular formula is C38H78O7. The van der Waals surface area contributed by atoms with Crippen LogP contribution in [-0.4, -0.2) is 65.1 Å². The molecular weight excluding hydrogens is 568 g/mol. The molecule has 272 valence electrons. The minimum atomic E-state index is -1.06. The van der Waals surface area contributed by atoms with Gasteiger partial charge in [0.1, 0.15) is 6.10 Å². The van der Waals surface area contributed by atoms with Crippen LogP contribution in [0.4, 0.5) is 0 Å². The third-order valence-corrected chi connectivity index (χ3v) is 8.32. The lowest BCUT2D eigenvalue weighted by atomic mass is 9.88. The van der Waals surface area contributed by atoms with Crippen LogP contribution in [0.25, 0.3) is 0 Å². The molecule has 0 bridgehead atoms. The van der Waals surface area contributed by atoms with Crippen molar-refractivity contribution >= 4 is 0 Å². The summed E-state index contributed by atoms with van der Waals surface area (Å²) in [6, 6.07) is 0. The van der Waals surface area contributed by atoms with Gasteiger partial charge in [0.25, 0.3) is 0 Å². The van der Waals surface area contributed by atoms with Crippen molar-refractivity contribution in [3.05, 3.63) is 12.3 Å². The van der Waals surface area contributed by atoms with E-state index in [1.54, 1.807) is 14.2 Å². The van der Waals surface area contributed by atoms with E-state index in [-0.39, 0.29) is 6.10 Å². The van der Waals surface area contributed by atoms with Crippen LogP contribution in [0, 0.1) is 5.92 Å². The van der Waals surface area contributed by atoms with Crippen LogP contribution < -0.4 is 0 Å². The number of unbranched alkanes of at least 4 members (excludes halogenated alkanes) is 10. The van der Waals surface area contributed by atoms with Gasteiger partial charge >= 0.3 is 5.97 Å². The maximum atomic E-state index is 5.92. The first-order valence-corrected chi connectivity index (χ1v) is 18.7. The first kappa shape index (κ1) is 46.4. The minimum Gasteiger partial charge on any atom is -0.502 e. The Bertz CT molecular complexity index is 592. The molecule has 0 aromatic rings. The number of methoxy groups -OCH3 is 2. The molecule has 0 aliphatic rings. The molecule has 2 atom stereocenters. The first-order chi connectivity index (χ1) is 21.8. The van der Waals surface area contributed by atoms with E-state index >= 15 is 0 Å². The molecule has 0 aromatic carbocycles. The van der Waals surface area contributed by atoms with Crippen molar-refractivity contribution in [2.45, 2.75) is 182 Å². The molecule has 0 N–H and O–H groups in total. The van der Waals surface area contributed by atoms with Crippen molar-refractivity contribution in [2.24, 2.45) is 5.92 Å². The maximum absolute atomic E-state index is 5.92. The molecule has 0 heterocycles. The van der Waals surface area contributed by atoms with Crippen molar-refractivity contribution in [1.82, 2.24) is 0 Å². The largest absolute Gasteiger partial charge is 0.502 e. The summed E-state index contributed by atoms with van der Waals surface area (Å²) in [5.41, 5.74) is 0. The molecule has 0 rings (SSSR count). The molecule has 0 aliphatic carbocycles. The third kappa shape index (κ3) is 23.3. The fraction of sp³-hybridized carbons (Fsp3) is 0.947. The Kier molecular flexibility index (Phi) is 34.3. The molecule has 0 aliphatic heterocycles. The number of ether oxygens (including phenoxy) is 7. The van der Waals surface area contributed by atoms with Crippen LogP contribution in [0.3, 0.4) is 0 Å². The second kappa shape index (κ2) is 33.2. The van der Waals surface area contributed by atoms with Crippen molar-refractivity contribution in [2.75, 3.05) is 47.3 Å². The average molecular weight is 647 g/mol. The first-order valence-electron chi connectivity index (χ1n) is 18.7. The average Bonchev–Trinajstić information content (AvgIpc) is 3.04. The molecule has 45 heavy (non-hydrogen) atoms. The van der Waals surface area contributed by atoms with E-state index in [0.29, 0.717) is 32.3 Å². The van der Waals surface area contributed by atoms with Gasteiger partial charge in [0.15, 0.2) is 5.79 Å². The summed E-state index contributed by atoms with van der Waals surface area (Å²) in [5.74, 6) is -1.12. The highest BCUT2D eigenvalue weighted by molar-refractivity contribution is 4.76. The van der Waals surface area contributed by atoms with Gasteiger partial charge in [-0.3, -0.25) is 0 Å². The van der Waals surface area contributed by atoms with Crippen molar-refractivity contribution in [3.8, 4) is 0 Å². The SMILES string of the molecule is CCC=COCCCC(CCCCCCCC)C(C)(OC)OC.CCCCCCCCC(OCC)C(OCC)(OCC)OCC. The monoisotopic (exact) mass is 647 g/mol. The van der Waals surface area contributed by atoms with E-state index in [1.165, 1.54) is 70.6 Å². The molecule has 2 unspecified atom stereocenters. The zero-order valence-corrected chi connectivity index (χ0v) is 31.7. The van der Waals surface area contributed by atoms with Gasteiger partial charge < -0.3 is 33.2 Å². The molecule has 0 radical (unpaired) electrons. The van der Waals surface area contributed by atoms with Crippen LogP contribution in [0.1, 0.15) is 165 Å². The second-order valence-electron chi connectivity index (χ2n) is 11.9. The quantitative estimate of drug-likeness (QED) is 0.0409. The standard InChI is InChI=1S/C20H40O3.C18H38O4/c1-6-8-10-11-12-13-15-19(20(3,21-4)22-5)16-14-18-23-17-9-7-2;1-6-11-12-13-14-15-16-17(19-7-2)18(20-8-3,21-9-4)22-10-5/h9,17,19H,6-8,10-16,18H2,1-5H3;17H,6-16H2,1-5H3. The molecule has 0 aromatic heterocycles. The number of hydrogen-bond donors (Lipinski definition) is 0. The zero-order valence-electron chi connectivity index (χ0n) is 31.7. The van der Waals surface area contributed by atoms with Gasteiger partial charge in [0, 0.05) is 46.6 Å². The summed E-state index contributed by atoms with van der Waals surface area (Å²) in [6.45, 7) is 19.6. The molecule has 7 heteroatoms. The molecule has 0 amide bonds. The van der Waals surface area contributed by atoms with Gasteiger partial charge in [-0.15, -0.1) is 0 Å². The molecule has 0 spiro atoms. The van der Waals surface area contributed by atoms with Gasteiger partial charge in [0.2, 0.25) is 0 Å². The zero-order chi connectivity index (χ0) is 34.1. The predicted octanol–water partition coefficient (Wildman–Crippen LogP) is 11.0. The van der Waals surface area contributed by atoms with Gasteiger partial charge in [-0.25, -0.2) is 0 Å². The lowest BCUT2D eigenvalue weighted by Crippen LogP contribution is -2.51. The minimum absolute atomic E-state index is 0.177. The van der Waals surface area contributed by atoms with Gasteiger partial charge in [-0.1, -0.05) is 104 Å². The second-order valence-corrected chi connectivity index (χ2v) is 11.9. The van der Waals surface area contributed by atoms with Crippen LogP contribution in [0.2, 0.25) is 0 Å². The predicted molar refractivity (Wildman–Crippen MR) is 190 cm³/mol. The third-order valence-electron chi connectivity index (χ3n) is 8.32. The van der Waals surface area contributed by atoms with Crippen LogP contribution in [0.5, 0.6) is 0 Å². The maximum Gasteiger partial charge on any atom is 0.310 e. The lowest BCUT2D eigenvalue weighted by Gasteiger charge is -2.38. The van der Waals surface area contributed by atoms with Gasteiger partial charge in [-0.2, -0.15) is 0 Å². The fourth-order valence-corrected chi connectivity index (χ4v) is 5.58. The topological polar surface area (TPSA) is 64.6 Å². The highest BCUT2D eigenvalue weighted by Gasteiger charge is 2.42. The van der Waals surface area contributed by atoms with Gasteiger partial charge in [0.05, 0.1) is 12.9 Å². The Hall–Kier alpha value is -0.700. The van der Waals surface area contributed by atoms with E-state index in [4.69, 9.17) is 33.2 Å². The Morgan fingerprint density at radius 2 is 1.02 bits per heavy atom. The van der Waals surface area contributed by atoms with Crippen LogP contribution >= 0.6 is 0 Å². The van der Waals surface area contributed by atoms with E-state index in [2.05, 4.69) is 27.7 Å². The van der Waals surface area contributed by atoms with Crippen molar-refractivity contribution in [1.29, 1.82) is 0 Å². The number of allylic oxidation sites excluding steroid dienone is 1. The van der Waals surface area contributed by atoms with E-state index in [0.717, 1.165) is 45.1 Å². The van der Waals surface area contributed by atoms with E-state index < -0.39 is 11.8 Å². The van der Waals surface area contributed by atoms with Crippen LogP contribution in [0.15, 0.2) is 12.3 Å². The Labute approximate surface area is 280 Å². The van der Waals surface area contributed by atoms with E-state index in [1.807, 2.05) is 40.0 Å².